The number of nitrogens with one attached hydrogen (secondary N) is 1. The molecule has 1 N–H and O–H groups in total. The number of nitrogens with zero attached hydrogens (tertiary/aromatic N) is 2. The Morgan fingerprint density at radius 3 is 3.00 bits per heavy atom. The summed E-state index contributed by atoms with van der Waals surface area (Å²) in [6.07, 6.45) is 7.24. The van der Waals surface area contributed by atoms with Crippen molar-refractivity contribution in [3.05, 3.63) is 18.0 Å². The van der Waals surface area contributed by atoms with E-state index in [0.717, 1.165) is 13.1 Å². The highest BCUT2D eigenvalue weighted by atomic mass is 16.1. The van der Waals surface area contributed by atoms with Crippen LogP contribution in [0.5, 0.6) is 0 Å². The van der Waals surface area contributed by atoms with Gasteiger partial charge in [-0.25, -0.2) is 0 Å². The first kappa shape index (κ1) is 10.2. The summed E-state index contributed by atoms with van der Waals surface area (Å²) >= 11 is 0. The minimum absolute atomic E-state index is 0.00148. The molecule has 1 aromatic heterocycles. The van der Waals surface area contributed by atoms with E-state index in [1.54, 1.807) is 17.1 Å². The number of amides is 1. The van der Waals surface area contributed by atoms with Crippen molar-refractivity contribution in [2.75, 3.05) is 6.54 Å². The van der Waals surface area contributed by atoms with Gasteiger partial charge in [-0.3, -0.25) is 9.48 Å². The monoisotopic (exact) mass is 207 g/mol. The van der Waals surface area contributed by atoms with Crippen molar-refractivity contribution in [1.82, 2.24) is 15.1 Å². The topological polar surface area (TPSA) is 46.9 Å². The van der Waals surface area contributed by atoms with Gasteiger partial charge in [-0.15, -0.1) is 0 Å². The van der Waals surface area contributed by atoms with Gasteiger partial charge in [0.2, 0.25) is 0 Å². The number of carbonyl (C=O) groups excluding carboxylic acids is 1. The summed E-state index contributed by atoms with van der Waals surface area (Å²) in [5.41, 5.74) is 0.663. The molecule has 1 fully saturated rings. The predicted octanol–water partition coefficient (Wildman–Crippen LogP) is 1.43. The van der Waals surface area contributed by atoms with E-state index in [1.807, 2.05) is 6.92 Å². The molecule has 15 heavy (non-hydrogen) atoms. The van der Waals surface area contributed by atoms with Gasteiger partial charge in [0.1, 0.15) is 0 Å². The Morgan fingerprint density at radius 2 is 2.47 bits per heavy atom. The predicted molar refractivity (Wildman–Crippen MR) is 57.6 cm³/mol. The van der Waals surface area contributed by atoms with E-state index in [4.69, 9.17) is 0 Å². The third-order valence-electron chi connectivity index (χ3n) is 3.00. The van der Waals surface area contributed by atoms with Gasteiger partial charge < -0.3 is 5.32 Å². The molecule has 1 aromatic rings. The van der Waals surface area contributed by atoms with Crippen LogP contribution in [0.2, 0.25) is 0 Å². The van der Waals surface area contributed by atoms with Gasteiger partial charge in [-0.05, 0) is 25.7 Å². The van der Waals surface area contributed by atoms with Gasteiger partial charge in [0.25, 0.3) is 5.91 Å². The number of carbonyl (C=O) groups is 1. The normalized spacial score (nSPS) is 16.1. The molecule has 2 rings (SSSR count). The maximum absolute atomic E-state index is 11.7. The van der Waals surface area contributed by atoms with Crippen LogP contribution in [-0.2, 0) is 6.54 Å². The summed E-state index contributed by atoms with van der Waals surface area (Å²) in [7, 11) is 0. The second-order valence-corrected chi connectivity index (χ2v) is 4.09. The van der Waals surface area contributed by atoms with E-state index in [1.165, 1.54) is 19.3 Å². The van der Waals surface area contributed by atoms with Crippen LogP contribution in [0, 0.1) is 5.92 Å². The standard InChI is InChI=1S/C11H17N3O/c1-2-14-8-10(7-13-14)11(15)12-6-9-4-3-5-9/h7-9H,2-6H2,1H3,(H,12,15). The van der Waals surface area contributed by atoms with E-state index in [0.29, 0.717) is 11.5 Å². The van der Waals surface area contributed by atoms with E-state index in [9.17, 15) is 4.79 Å². The lowest BCUT2D eigenvalue weighted by Crippen LogP contribution is -2.31. The van der Waals surface area contributed by atoms with Crippen LogP contribution in [0.3, 0.4) is 0 Å². The third kappa shape index (κ3) is 2.37. The summed E-state index contributed by atoms with van der Waals surface area (Å²) in [4.78, 5) is 11.7. The highest BCUT2D eigenvalue weighted by molar-refractivity contribution is 5.93. The van der Waals surface area contributed by atoms with Crippen molar-refractivity contribution < 1.29 is 4.79 Å². The summed E-state index contributed by atoms with van der Waals surface area (Å²) < 4.78 is 1.76. The highest BCUT2D eigenvalue weighted by Crippen LogP contribution is 2.25. The molecule has 82 valence electrons. The summed E-state index contributed by atoms with van der Waals surface area (Å²) in [5, 5.41) is 7.02. The minimum atomic E-state index is 0.00148. The van der Waals surface area contributed by atoms with Gasteiger partial charge in [-0.2, -0.15) is 5.10 Å². The Labute approximate surface area is 89.7 Å². The number of rotatable bonds is 4. The van der Waals surface area contributed by atoms with Gasteiger partial charge in [0.05, 0.1) is 11.8 Å². The Morgan fingerprint density at radius 1 is 1.67 bits per heavy atom. The lowest BCUT2D eigenvalue weighted by atomic mass is 9.85. The van der Waals surface area contributed by atoms with Crippen molar-refractivity contribution in [2.45, 2.75) is 32.7 Å². The van der Waals surface area contributed by atoms with Crippen molar-refractivity contribution in [3.63, 3.8) is 0 Å². The van der Waals surface area contributed by atoms with E-state index >= 15 is 0 Å². The molecule has 0 aliphatic heterocycles. The first-order valence-electron chi connectivity index (χ1n) is 5.60. The van der Waals surface area contributed by atoms with Crippen LogP contribution < -0.4 is 5.32 Å². The number of aromatic nitrogens is 2. The largest absolute Gasteiger partial charge is 0.352 e. The summed E-state index contributed by atoms with van der Waals surface area (Å²) in [6.45, 7) is 3.62. The highest BCUT2D eigenvalue weighted by Gasteiger charge is 2.18. The first-order chi connectivity index (χ1) is 7.29. The zero-order chi connectivity index (χ0) is 10.7. The Hall–Kier alpha value is -1.32. The molecule has 0 unspecified atom stereocenters. The zero-order valence-corrected chi connectivity index (χ0v) is 9.07. The van der Waals surface area contributed by atoms with Crippen LogP contribution in [0.4, 0.5) is 0 Å². The Balaban J connectivity index is 1.83. The minimum Gasteiger partial charge on any atom is -0.352 e. The zero-order valence-electron chi connectivity index (χ0n) is 9.07. The molecule has 4 heteroatoms. The maximum Gasteiger partial charge on any atom is 0.254 e. The molecule has 1 saturated carbocycles. The summed E-state index contributed by atoms with van der Waals surface area (Å²) in [5.74, 6) is 0.705. The van der Waals surface area contributed by atoms with E-state index in [2.05, 4.69) is 10.4 Å². The molecule has 0 aromatic carbocycles. The SMILES string of the molecule is CCn1cc(C(=O)NCC2CCC2)cn1. The number of aryl methyl sites for hydroxylation is 1. The molecular formula is C11H17N3O. The fraction of sp³-hybridized carbons (Fsp3) is 0.636. The van der Waals surface area contributed by atoms with Crippen molar-refractivity contribution in [3.8, 4) is 0 Å². The lowest BCUT2D eigenvalue weighted by Gasteiger charge is -2.25. The van der Waals surface area contributed by atoms with Crippen LogP contribution >= 0.6 is 0 Å². The number of hydrogen-bond donors (Lipinski definition) is 1. The molecule has 1 heterocycles. The smallest absolute Gasteiger partial charge is 0.254 e. The molecule has 1 amide bonds. The second-order valence-electron chi connectivity index (χ2n) is 4.09. The Bertz CT molecular complexity index is 341. The molecule has 4 nitrogen and oxygen atoms in total. The average molecular weight is 207 g/mol. The van der Waals surface area contributed by atoms with Crippen LogP contribution in [-0.4, -0.2) is 22.2 Å². The van der Waals surface area contributed by atoms with Crippen LogP contribution in [0.15, 0.2) is 12.4 Å². The fourth-order valence-electron chi connectivity index (χ4n) is 1.69. The van der Waals surface area contributed by atoms with Crippen molar-refractivity contribution in [2.24, 2.45) is 5.92 Å². The lowest BCUT2D eigenvalue weighted by molar-refractivity contribution is 0.0939. The molecular weight excluding hydrogens is 190 g/mol. The molecule has 0 atom stereocenters. The third-order valence-corrected chi connectivity index (χ3v) is 3.00. The van der Waals surface area contributed by atoms with Gasteiger partial charge in [0, 0.05) is 19.3 Å². The van der Waals surface area contributed by atoms with Crippen LogP contribution in [0.25, 0.3) is 0 Å². The second kappa shape index (κ2) is 4.47. The molecule has 1 aliphatic carbocycles. The molecule has 0 saturated heterocycles. The van der Waals surface area contributed by atoms with Gasteiger partial charge in [0.15, 0.2) is 0 Å². The maximum atomic E-state index is 11.7. The molecule has 0 spiro atoms. The molecule has 0 bridgehead atoms. The van der Waals surface area contributed by atoms with Gasteiger partial charge in [-0.1, -0.05) is 6.42 Å². The van der Waals surface area contributed by atoms with Crippen LogP contribution in [0.1, 0.15) is 36.5 Å². The first-order valence-corrected chi connectivity index (χ1v) is 5.60. The van der Waals surface area contributed by atoms with E-state index < -0.39 is 0 Å². The number of hydrogen-bond acceptors (Lipinski definition) is 2. The molecule has 1 aliphatic rings. The average Bonchev–Trinajstić information content (AvgIpc) is 2.63. The fourth-order valence-corrected chi connectivity index (χ4v) is 1.69. The van der Waals surface area contributed by atoms with E-state index in [-0.39, 0.29) is 5.91 Å². The van der Waals surface area contributed by atoms with Gasteiger partial charge >= 0.3 is 0 Å². The Kier molecular flexibility index (Phi) is 3.04. The molecule has 0 radical (unpaired) electrons. The van der Waals surface area contributed by atoms with Crippen molar-refractivity contribution >= 4 is 5.91 Å². The van der Waals surface area contributed by atoms with Crippen molar-refractivity contribution in [1.29, 1.82) is 0 Å². The summed E-state index contributed by atoms with van der Waals surface area (Å²) in [6, 6.07) is 0. The quantitative estimate of drug-likeness (QED) is 0.812.